The molecule has 0 saturated carbocycles. The summed E-state index contributed by atoms with van der Waals surface area (Å²) >= 11 is 0. The smallest absolute Gasteiger partial charge is 0.389 e. The Balaban J connectivity index is 2.35. The van der Waals surface area contributed by atoms with Gasteiger partial charge in [-0.05, 0) is 30.7 Å². The van der Waals surface area contributed by atoms with E-state index < -0.39 is 12.6 Å². The number of hydrogen-bond donors (Lipinski definition) is 1. The number of aliphatic hydroxyl groups is 1. The molecule has 0 aliphatic carbocycles. The molecule has 0 saturated heterocycles. The second-order valence-electron chi connectivity index (χ2n) is 3.54. The van der Waals surface area contributed by atoms with Crippen molar-refractivity contribution in [1.82, 2.24) is 0 Å². The predicted molar refractivity (Wildman–Crippen MR) is 58.9 cm³/mol. The van der Waals surface area contributed by atoms with E-state index >= 15 is 0 Å². The van der Waals surface area contributed by atoms with Gasteiger partial charge in [0.25, 0.3) is 0 Å². The molecule has 2 nitrogen and oxygen atoms in total. The summed E-state index contributed by atoms with van der Waals surface area (Å²) in [5.74, 6) is 0.408. The van der Waals surface area contributed by atoms with Crippen LogP contribution in [-0.2, 0) is 0 Å². The van der Waals surface area contributed by atoms with Crippen LogP contribution in [0.25, 0.3) is 5.76 Å². The van der Waals surface area contributed by atoms with Crippen LogP contribution in [0.2, 0.25) is 0 Å². The summed E-state index contributed by atoms with van der Waals surface area (Å²) in [5, 5.41) is 9.06. The van der Waals surface area contributed by atoms with Gasteiger partial charge < -0.3 is 9.84 Å². The standard InChI is InChI=1S/C12H13F3O2/c1-9(16)10-3-5-11(6-4-10)17-8-2-7-12(13,14)15/h3-6,16H,1-2,7-8H2. The first-order valence-corrected chi connectivity index (χ1v) is 5.06. The molecule has 0 amide bonds. The Bertz CT molecular complexity index is 368. The van der Waals surface area contributed by atoms with Gasteiger partial charge in [-0.2, -0.15) is 13.2 Å². The Kier molecular flexibility index (Phi) is 4.43. The predicted octanol–water partition coefficient (Wildman–Crippen LogP) is 3.94. The lowest BCUT2D eigenvalue weighted by molar-refractivity contribution is -0.136. The molecule has 0 aliphatic heterocycles. The summed E-state index contributed by atoms with van der Waals surface area (Å²) in [7, 11) is 0. The molecule has 0 fully saturated rings. The molecule has 1 rings (SSSR count). The minimum absolute atomic E-state index is 0.0128. The fourth-order valence-electron chi connectivity index (χ4n) is 1.21. The maximum atomic E-state index is 11.8. The van der Waals surface area contributed by atoms with Crippen LogP contribution in [0.1, 0.15) is 18.4 Å². The highest BCUT2D eigenvalue weighted by Crippen LogP contribution is 2.22. The van der Waals surface area contributed by atoms with Gasteiger partial charge >= 0.3 is 6.18 Å². The number of alkyl halides is 3. The molecule has 0 heterocycles. The SMILES string of the molecule is C=C(O)c1ccc(OCCCC(F)(F)F)cc1. The highest BCUT2D eigenvalue weighted by atomic mass is 19.4. The van der Waals surface area contributed by atoms with E-state index in [1.165, 1.54) is 0 Å². The van der Waals surface area contributed by atoms with E-state index in [1.54, 1.807) is 24.3 Å². The summed E-state index contributed by atoms with van der Waals surface area (Å²) in [6.45, 7) is 3.36. The van der Waals surface area contributed by atoms with E-state index in [0.29, 0.717) is 11.3 Å². The van der Waals surface area contributed by atoms with Crippen molar-refractivity contribution in [3.63, 3.8) is 0 Å². The Morgan fingerprint density at radius 3 is 2.29 bits per heavy atom. The summed E-state index contributed by atoms with van der Waals surface area (Å²) in [6.07, 6.45) is -5.06. The fourth-order valence-corrected chi connectivity index (χ4v) is 1.21. The molecule has 17 heavy (non-hydrogen) atoms. The number of ether oxygens (including phenoxy) is 1. The highest BCUT2D eigenvalue weighted by molar-refractivity contribution is 5.56. The zero-order valence-corrected chi connectivity index (χ0v) is 9.13. The molecule has 1 aromatic rings. The van der Waals surface area contributed by atoms with Crippen molar-refractivity contribution in [2.75, 3.05) is 6.61 Å². The molecule has 1 N–H and O–H groups in total. The minimum Gasteiger partial charge on any atom is -0.508 e. The Hall–Kier alpha value is -1.65. The monoisotopic (exact) mass is 246 g/mol. The van der Waals surface area contributed by atoms with Crippen molar-refractivity contribution < 1.29 is 23.0 Å². The number of hydrogen-bond acceptors (Lipinski definition) is 2. The summed E-state index contributed by atoms with van der Waals surface area (Å²) in [5.41, 5.74) is 0.549. The third-order valence-electron chi connectivity index (χ3n) is 2.06. The first kappa shape index (κ1) is 13.4. The average molecular weight is 246 g/mol. The highest BCUT2D eigenvalue weighted by Gasteiger charge is 2.26. The first-order chi connectivity index (χ1) is 7.88. The van der Waals surface area contributed by atoms with Crippen LogP contribution >= 0.6 is 0 Å². The Morgan fingerprint density at radius 1 is 1.24 bits per heavy atom. The molecule has 0 atom stereocenters. The quantitative estimate of drug-likeness (QED) is 0.630. The number of aliphatic hydroxyl groups excluding tert-OH is 1. The summed E-state index contributed by atoms with van der Waals surface area (Å²) < 4.78 is 40.6. The van der Waals surface area contributed by atoms with Gasteiger partial charge in [-0.15, -0.1) is 0 Å². The molecular formula is C12H13F3O2. The van der Waals surface area contributed by atoms with Crippen LogP contribution in [-0.4, -0.2) is 17.9 Å². The lowest BCUT2D eigenvalue weighted by Crippen LogP contribution is -2.09. The van der Waals surface area contributed by atoms with E-state index in [4.69, 9.17) is 9.84 Å². The van der Waals surface area contributed by atoms with Crippen LogP contribution in [0.15, 0.2) is 30.8 Å². The van der Waals surface area contributed by atoms with Gasteiger partial charge in [0.15, 0.2) is 0 Å². The third-order valence-corrected chi connectivity index (χ3v) is 2.06. The van der Waals surface area contributed by atoms with Crippen molar-refractivity contribution in [1.29, 1.82) is 0 Å². The van der Waals surface area contributed by atoms with E-state index in [1.807, 2.05) is 0 Å². The average Bonchev–Trinajstić information content (AvgIpc) is 2.24. The lowest BCUT2D eigenvalue weighted by atomic mass is 10.2. The van der Waals surface area contributed by atoms with Gasteiger partial charge in [0.05, 0.1) is 6.61 Å². The largest absolute Gasteiger partial charge is 0.508 e. The Labute approximate surface area is 97.3 Å². The van der Waals surface area contributed by atoms with Crippen LogP contribution in [0.4, 0.5) is 13.2 Å². The second kappa shape index (κ2) is 5.61. The van der Waals surface area contributed by atoms with Crippen LogP contribution in [0.3, 0.4) is 0 Å². The molecule has 94 valence electrons. The normalized spacial score (nSPS) is 11.2. The molecule has 0 radical (unpaired) electrons. The number of halogens is 3. The second-order valence-corrected chi connectivity index (χ2v) is 3.54. The topological polar surface area (TPSA) is 29.5 Å². The van der Waals surface area contributed by atoms with Gasteiger partial charge in [0, 0.05) is 12.0 Å². The molecule has 1 aromatic carbocycles. The van der Waals surface area contributed by atoms with Gasteiger partial charge in [-0.1, -0.05) is 6.58 Å². The van der Waals surface area contributed by atoms with Crippen molar-refractivity contribution >= 4 is 5.76 Å². The molecule has 0 unspecified atom stereocenters. The van der Waals surface area contributed by atoms with Gasteiger partial charge in [-0.3, -0.25) is 0 Å². The van der Waals surface area contributed by atoms with Crippen molar-refractivity contribution in [3.8, 4) is 5.75 Å². The fraction of sp³-hybridized carbons (Fsp3) is 0.333. The molecule has 0 bridgehead atoms. The number of benzene rings is 1. The molecule has 0 aromatic heterocycles. The Morgan fingerprint density at radius 2 is 1.82 bits per heavy atom. The molecule has 0 aliphatic rings. The first-order valence-electron chi connectivity index (χ1n) is 5.06. The molecule has 0 spiro atoms. The third kappa shape index (κ3) is 5.29. The maximum Gasteiger partial charge on any atom is 0.389 e. The van der Waals surface area contributed by atoms with E-state index in [9.17, 15) is 13.2 Å². The zero-order valence-electron chi connectivity index (χ0n) is 9.13. The zero-order chi connectivity index (χ0) is 12.9. The van der Waals surface area contributed by atoms with Gasteiger partial charge in [0.2, 0.25) is 0 Å². The molecule has 5 heteroatoms. The van der Waals surface area contributed by atoms with Gasteiger partial charge in [-0.25, -0.2) is 0 Å². The minimum atomic E-state index is -4.14. The van der Waals surface area contributed by atoms with E-state index in [-0.39, 0.29) is 18.8 Å². The van der Waals surface area contributed by atoms with Crippen LogP contribution in [0, 0.1) is 0 Å². The van der Waals surface area contributed by atoms with Crippen molar-refractivity contribution in [2.45, 2.75) is 19.0 Å². The van der Waals surface area contributed by atoms with Crippen molar-refractivity contribution in [3.05, 3.63) is 36.4 Å². The van der Waals surface area contributed by atoms with E-state index in [2.05, 4.69) is 6.58 Å². The lowest BCUT2D eigenvalue weighted by Gasteiger charge is -2.08. The van der Waals surface area contributed by atoms with Crippen LogP contribution in [0.5, 0.6) is 5.75 Å². The summed E-state index contributed by atoms with van der Waals surface area (Å²) in [4.78, 5) is 0. The van der Waals surface area contributed by atoms with E-state index in [0.717, 1.165) is 0 Å². The van der Waals surface area contributed by atoms with Crippen LogP contribution < -0.4 is 4.74 Å². The maximum absolute atomic E-state index is 11.8. The summed E-state index contributed by atoms with van der Waals surface area (Å²) in [6, 6.07) is 6.32. The van der Waals surface area contributed by atoms with Crippen molar-refractivity contribution in [2.24, 2.45) is 0 Å². The van der Waals surface area contributed by atoms with Gasteiger partial charge in [0.1, 0.15) is 11.5 Å². The molecular weight excluding hydrogens is 233 g/mol. The number of rotatable bonds is 5.